The van der Waals surface area contributed by atoms with Crippen LogP contribution in [0.5, 0.6) is 11.5 Å². The SMILES string of the molecule is CCNC(=O)COc1ccc(CNC(=O)c2cn3ccc(C)cc3n2)cc1OC. The normalized spacial score (nSPS) is 10.6. The van der Waals surface area contributed by atoms with E-state index in [9.17, 15) is 9.59 Å². The fourth-order valence-corrected chi connectivity index (χ4v) is 2.80. The number of likely N-dealkylation sites (N-methyl/N-ethyl adjacent to an activating group) is 1. The maximum Gasteiger partial charge on any atom is 0.271 e. The summed E-state index contributed by atoms with van der Waals surface area (Å²) in [5, 5.41) is 5.52. The van der Waals surface area contributed by atoms with Crippen molar-refractivity contribution in [3.8, 4) is 11.5 Å². The van der Waals surface area contributed by atoms with Crippen molar-refractivity contribution in [2.75, 3.05) is 20.3 Å². The highest BCUT2D eigenvalue weighted by molar-refractivity contribution is 5.92. The molecule has 0 aliphatic carbocycles. The van der Waals surface area contributed by atoms with Gasteiger partial charge in [0.1, 0.15) is 11.3 Å². The van der Waals surface area contributed by atoms with Gasteiger partial charge in [-0.2, -0.15) is 0 Å². The van der Waals surface area contributed by atoms with Crippen LogP contribution in [0.4, 0.5) is 0 Å². The van der Waals surface area contributed by atoms with Crippen molar-refractivity contribution in [3.05, 3.63) is 59.5 Å². The third-order valence-electron chi connectivity index (χ3n) is 4.26. The molecule has 0 spiro atoms. The number of methoxy groups -OCH3 is 1. The number of imidazole rings is 1. The second-order valence-corrected chi connectivity index (χ2v) is 6.51. The Morgan fingerprint density at radius 2 is 1.97 bits per heavy atom. The molecule has 0 fully saturated rings. The Balaban J connectivity index is 1.63. The highest BCUT2D eigenvalue weighted by Crippen LogP contribution is 2.28. The molecule has 152 valence electrons. The van der Waals surface area contributed by atoms with Gasteiger partial charge in [0.2, 0.25) is 0 Å². The molecule has 3 aromatic rings. The molecule has 2 heterocycles. The van der Waals surface area contributed by atoms with Gasteiger partial charge in [-0.25, -0.2) is 4.98 Å². The van der Waals surface area contributed by atoms with Crippen molar-refractivity contribution in [1.29, 1.82) is 0 Å². The van der Waals surface area contributed by atoms with Crippen LogP contribution in [0, 0.1) is 6.92 Å². The van der Waals surface area contributed by atoms with Crippen LogP contribution in [0.15, 0.2) is 42.7 Å². The first-order chi connectivity index (χ1) is 14.0. The van der Waals surface area contributed by atoms with Gasteiger partial charge in [0.15, 0.2) is 18.1 Å². The summed E-state index contributed by atoms with van der Waals surface area (Å²) in [4.78, 5) is 28.3. The molecule has 2 aromatic heterocycles. The lowest BCUT2D eigenvalue weighted by molar-refractivity contribution is -0.123. The summed E-state index contributed by atoms with van der Waals surface area (Å²) in [7, 11) is 1.52. The van der Waals surface area contributed by atoms with Crippen molar-refractivity contribution < 1.29 is 19.1 Å². The van der Waals surface area contributed by atoms with Gasteiger partial charge in [0.05, 0.1) is 7.11 Å². The summed E-state index contributed by atoms with van der Waals surface area (Å²) in [6, 6.07) is 9.16. The Bertz CT molecular complexity index is 1030. The second-order valence-electron chi connectivity index (χ2n) is 6.51. The number of fused-ring (bicyclic) bond motifs is 1. The Morgan fingerprint density at radius 1 is 1.14 bits per heavy atom. The number of carbonyl (C=O) groups is 2. The van der Waals surface area contributed by atoms with Gasteiger partial charge in [0.25, 0.3) is 11.8 Å². The van der Waals surface area contributed by atoms with Crippen LogP contribution < -0.4 is 20.1 Å². The fourth-order valence-electron chi connectivity index (χ4n) is 2.80. The van der Waals surface area contributed by atoms with Crippen LogP contribution in [0.1, 0.15) is 28.5 Å². The standard InChI is InChI=1S/C21H24N4O4/c1-4-22-20(26)13-29-17-6-5-15(10-18(17)28-3)11-23-21(27)16-12-25-8-7-14(2)9-19(25)24-16/h5-10,12H,4,11,13H2,1-3H3,(H,22,26)(H,23,27). The van der Waals surface area contributed by atoms with Crippen molar-refractivity contribution >= 4 is 17.5 Å². The lowest BCUT2D eigenvalue weighted by Gasteiger charge is -2.12. The quantitative estimate of drug-likeness (QED) is 0.608. The first-order valence-electron chi connectivity index (χ1n) is 9.30. The number of carbonyl (C=O) groups excluding carboxylic acids is 2. The Hall–Kier alpha value is -3.55. The van der Waals surface area contributed by atoms with E-state index in [4.69, 9.17) is 9.47 Å². The lowest BCUT2D eigenvalue weighted by Crippen LogP contribution is -2.28. The summed E-state index contributed by atoms with van der Waals surface area (Å²) in [5.41, 5.74) is 2.99. The Morgan fingerprint density at radius 3 is 2.72 bits per heavy atom. The van der Waals surface area contributed by atoms with Crippen LogP contribution in [0.3, 0.4) is 0 Å². The molecule has 0 atom stereocenters. The van der Waals surface area contributed by atoms with Crippen molar-refractivity contribution in [3.63, 3.8) is 0 Å². The molecular weight excluding hydrogens is 372 g/mol. The fraction of sp³-hybridized carbons (Fsp3) is 0.286. The molecule has 0 bridgehead atoms. The molecule has 8 nitrogen and oxygen atoms in total. The number of benzene rings is 1. The van der Waals surface area contributed by atoms with E-state index in [1.165, 1.54) is 7.11 Å². The molecule has 0 aliphatic heterocycles. The minimum absolute atomic E-state index is 0.0896. The summed E-state index contributed by atoms with van der Waals surface area (Å²) < 4.78 is 12.6. The van der Waals surface area contributed by atoms with Crippen LogP contribution in [0.2, 0.25) is 0 Å². The molecule has 2 N–H and O–H groups in total. The number of aryl methyl sites for hydroxylation is 1. The highest BCUT2D eigenvalue weighted by Gasteiger charge is 2.12. The molecule has 0 saturated heterocycles. The molecule has 0 unspecified atom stereocenters. The predicted molar refractivity (Wildman–Crippen MR) is 108 cm³/mol. The van der Waals surface area contributed by atoms with E-state index in [1.807, 2.05) is 42.6 Å². The van der Waals surface area contributed by atoms with E-state index < -0.39 is 0 Å². The third kappa shape index (κ3) is 5.04. The summed E-state index contributed by atoms with van der Waals surface area (Å²) >= 11 is 0. The molecule has 29 heavy (non-hydrogen) atoms. The van der Waals surface area contributed by atoms with Crippen LogP contribution in [-0.4, -0.2) is 41.5 Å². The van der Waals surface area contributed by atoms with Crippen LogP contribution in [0.25, 0.3) is 5.65 Å². The monoisotopic (exact) mass is 396 g/mol. The molecule has 0 saturated carbocycles. The van der Waals surface area contributed by atoms with Gasteiger partial charge in [0, 0.05) is 25.5 Å². The number of hydrogen-bond acceptors (Lipinski definition) is 5. The maximum atomic E-state index is 12.4. The number of nitrogens with zero attached hydrogens (tertiary/aromatic N) is 2. The van der Waals surface area contributed by atoms with Crippen LogP contribution >= 0.6 is 0 Å². The second kappa shape index (κ2) is 9.09. The molecule has 0 aliphatic rings. The van der Waals surface area contributed by atoms with E-state index in [0.717, 1.165) is 16.8 Å². The first-order valence-corrected chi connectivity index (χ1v) is 9.30. The molecule has 1 aromatic carbocycles. The van der Waals surface area contributed by atoms with Gasteiger partial charge in [-0.05, 0) is 49.2 Å². The van der Waals surface area contributed by atoms with E-state index in [0.29, 0.717) is 30.3 Å². The summed E-state index contributed by atoms with van der Waals surface area (Å²) in [6.07, 6.45) is 3.57. The maximum absolute atomic E-state index is 12.4. The molecule has 0 radical (unpaired) electrons. The molecular formula is C21H24N4O4. The van der Waals surface area contributed by atoms with E-state index in [-0.39, 0.29) is 18.4 Å². The van der Waals surface area contributed by atoms with Gasteiger partial charge in [-0.1, -0.05) is 6.07 Å². The van der Waals surface area contributed by atoms with Gasteiger partial charge in [-0.3, -0.25) is 9.59 Å². The average molecular weight is 396 g/mol. The zero-order valence-corrected chi connectivity index (χ0v) is 16.7. The van der Waals surface area contributed by atoms with E-state index in [1.54, 1.807) is 18.3 Å². The third-order valence-corrected chi connectivity index (χ3v) is 4.26. The number of nitrogens with one attached hydrogen (secondary N) is 2. The number of amides is 2. The van der Waals surface area contributed by atoms with Crippen molar-refractivity contribution in [2.45, 2.75) is 20.4 Å². The van der Waals surface area contributed by atoms with E-state index >= 15 is 0 Å². The Kier molecular flexibility index (Phi) is 6.33. The van der Waals surface area contributed by atoms with E-state index in [2.05, 4.69) is 15.6 Å². The van der Waals surface area contributed by atoms with Crippen LogP contribution in [-0.2, 0) is 11.3 Å². The highest BCUT2D eigenvalue weighted by atomic mass is 16.5. The number of aromatic nitrogens is 2. The van der Waals surface area contributed by atoms with Gasteiger partial charge in [-0.15, -0.1) is 0 Å². The van der Waals surface area contributed by atoms with Gasteiger partial charge >= 0.3 is 0 Å². The number of ether oxygens (including phenoxy) is 2. The largest absolute Gasteiger partial charge is 0.493 e. The zero-order valence-electron chi connectivity index (χ0n) is 16.7. The topological polar surface area (TPSA) is 94.0 Å². The minimum Gasteiger partial charge on any atom is -0.493 e. The number of hydrogen-bond donors (Lipinski definition) is 2. The molecule has 2 amide bonds. The summed E-state index contributed by atoms with van der Waals surface area (Å²) in [6.45, 7) is 4.58. The zero-order chi connectivity index (χ0) is 20.8. The summed E-state index contributed by atoms with van der Waals surface area (Å²) in [5.74, 6) is 0.490. The number of rotatable bonds is 8. The lowest BCUT2D eigenvalue weighted by atomic mass is 10.2. The number of pyridine rings is 1. The molecule has 8 heteroatoms. The Labute approximate surface area is 168 Å². The molecule has 3 rings (SSSR count). The van der Waals surface area contributed by atoms with Crippen molar-refractivity contribution in [2.24, 2.45) is 0 Å². The van der Waals surface area contributed by atoms with Crippen molar-refractivity contribution in [1.82, 2.24) is 20.0 Å². The smallest absolute Gasteiger partial charge is 0.271 e. The minimum atomic E-state index is -0.262. The van der Waals surface area contributed by atoms with Gasteiger partial charge < -0.3 is 24.5 Å². The predicted octanol–water partition coefficient (Wildman–Crippen LogP) is 2.10. The average Bonchev–Trinajstić information content (AvgIpc) is 3.14. The first kappa shape index (κ1) is 20.2.